The summed E-state index contributed by atoms with van der Waals surface area (Å²) in [5, 5.41) is 0. The molecule has 0 amide bonds. The maximum Gasteiger partial charge on any atom is 0.507 e. The molecule has 0 fully saturated rings. The Hall–Kier alpha value is -1.71. The lowest BCUT2D eigenvalue weighted by atomic mass is 10.1. The number of methoxy groups -OCH3 is 1. The molecule has 14 heavy (non-hydrogen) atoms. The van der Waals surface area contributed by atoms with E-state index in [1.165, 1.54) is 7.11 Å². The Morgan fingerprint density at radius 1 is 1.43 bits per heavy atom. The first-order valence-electron chi connectivity index (χ1n) is 4.28. The lowest BCUT2D eigenvalue weighted by Gasteiger charge is -2.05. The van der Waals surface area contributed by atoms with E-state index < -0.39 is 6.16 Å². The third-order valence-corrected chi connectivity index (χ3v) is 1.81. The van der Waals surface area contributed by atoms with Crippen molar-refractivity contribution in [2.24, 2.45) is 0 Å². The van der Waals surface area contributed by atoms with Gasteiger partial charge in [-0.05, 0) is 11.6 Å². The van der Waals surface area contributed by atoms with Gasteiger partial charge in [-0.1, -0.05) is 18.2 Å². The van der Waals surface area contributed by atoms with Crippen LogP contribution in [-0.4, -0.2) is 19.9 Å². The van der Waals surface area contributed by atoms with Crippen LogP contribution in [0.25, 0.3) is 0 Å². The lowest BCUT2D eigenvalue weighted by Crippen LogP contribution is -2.08. The third-order valence-electron chi connectivity index (χ3n) is 1.81. The van der Waals surface area contributed by atoms with Crippen LogP contribution in [0.4, 0.5) is 10.5 Å². The van der Waals surface area contributed by atoms with Crippen LogP contribution in [0.5, 0.6) is 0 Å². The Morgan fingerprint density at radius 3 is 2.79 bits per heavy atom. The number of hydrogen-bond donors (Lipinski definition) is 1. The van der Waals surface area contributed by atoms with Crippen LogP contribution in [0.2, 0.25) is 0 Å². The number of anilines is 1. The molecule has 0 aliphatic rings. The fraction of sp³-hybridized carbons (Fsp3) is 0.300. The molecule has 0 saturated heterocycles. The maximum atomic E-state index is 10.6. The summed E-state index contributed by atoms with van der Waals surface area (Å²) in [5.41, 5.74) is 7.38. The van der Waals surface area contributed by atoms with Gasteiger partial charge in [-0.2, -0.15) is 0 Å². The second-order valence-corrected chi connectivity index (χ2v) is 2.75. The van der Waals surface area contributed by atoms with E-state index in [9.17, 15) is 4.79 Å². The van der Waals surface area contributed by atoms with Crippen molar-refractivity contribution in [2.45, 2.75) is 6.42 Å². The molecule has 1 aromatic rings. The first-order valence-corrected chi connectivity index (χ1v) is 4.28. The number of carbonyl (C=O) groups is 1. The molecule has 0 spiro atoms. The normalized spacial score (nSPS) is 9.50. The molecule has 4 heteroatoms. The Morgan fingerprint density at radius 2 is 2.14 bits per heavy atom. The van der Waals surface area contributed by atoms with E-state index in [0.717, 1.165) is 5.56 Å². The number of benzene rings is 1. The van der Waals surface area contributed by atoms with Gasteiger partial charge in [0, 0.05) is 12.1 Å². The van der Waals surface area contributed by atoms with E-state index in [1.807, 2.05) is 24.3 Å². The summed E-state index contributed by atoms with van der Waals surface area (Å²) >= 11 is 0. The van der Waals surface area contributed by atoms with Crippen LogP contribution in [0.15, 0.2) is 24.3 Å². The van der Waals surface area contributed by atoms with E-state index in [2.05, 4.69) is 4.74 Å². The molecule has 2 N–H and O–H groups in total. The van der Waals surface area contributed by atoms with E-state index in [0.29, 0.717) is 12.1 Å². The second-order valence-electron chi connectivity index (χ2n) is 2.75. The predicted octanol–water partition coefficient (Wildman–Crippen LogP) is 1.59. The van der Waals surface area contributed by atoms with E-state index in [1.54, 1.807) is 0 Å². The Bertz CT molecular complexity index is 312. The van der Waals surface area contributed by atoms with Crippen LogP contribution in [0.1, 0.15) is 5.56 Å². The third kappa shape index (κ3) is 2.97. The van der Waals surface area contributed by atoms with Gasteiger partial charge in [-0.25, -0.2) is 4.79 Å². The number of nitrogens with two attached hydrogens (primary N) is 1. The van der Waals surface area contributed by atoms with Crippen LogP contribution < -0.4 is 5.73 Å². The molecule has 76 valence electrons. The SMILES string of the molecule is COC(=O)OCCc1ccccc1N. The van der Waals surface area contributed by atoms with Gasteiger partial charge in [0.05, 0.1) is 13.7 Å². The van der Waals surface area contributed by atoms with Crippen molar-refractivity contribution >= 4 is 11.8 Å². The van der Waals surface area contributed by atoms with Crippen LogP contribution in [-0.2, 0) is 15.9 Å². The number of hydrogen-bond acceptors (Lipinski definition) is 4. The fourth-order valence-electron chi connectivity index (χ4n) is 1.07. The van der Waals surface area contributed by atoms with Crippen molar-refractivity contribution in [1.29, 1.82) is 0 Å². The zero-order chi connectivity index (χ0) is 10.4. The lowest BCUT2D eigenvalue weighted by molar-refractivity contribution is 0.0737. The molecule has 0 bridgehead atoms. The van der Waals surface area contributed by atoms with Gasteiger partial charge < -0.3 is 15.2 Å². The van der Waals surface area contributed by atoms with E-state index in [-0.39, 0.29) is 6.61 Å². The molecule has 0 radical (unpaired) electrons. The van der Waals surface area contributed by atoms with Crippen molar-refractivity contribution in [1.82, 2.24) is 0 Å². The summed E-state index contributed by atoms with van der Waals surface area (Å²) in [6.07, 6.45) is -0.0681. The summed E-state index contributed by atoms with van der Waals surface area (Å²) in [4.78, 5) is 10.6. The quantitative estimate of drug-likeness (QED) is 0.587. The fourth-order valence-corrected chi connectivity index (χ4v) is 1.07. The molecule has 4 nitrogen and oxygen atoms in total. The smallest absolute Gasteiger partial charge is 0.438 e. The molecule has 0 unspecified atom stereocenters. The molecule has 0 atom stereocenters. The average Bonchev–Trinajstić information content (AvgIpc) is 2.20. The van der Waals surface area contributed by atoms with Gasteiger partial charge in [-0.15, -0.1) is 0 Å². The standard InChI is InChI=1S/C10H13NO3/c1-13-10(12)14-7-6-8-4-2-3-5-9(8)11/h2-5H,6-7,11H2,1H3. The zero-order valence-corrected chi connectivity index (χ0v) is 8.03. The van der Waals surface area contributed by atoms with Gasteiger partial charge in [0.15, 0.2) is 0 Å². The molecule has 1 rings (SSSR count). The number of rotatable bonds is 3. The highest BCUT2D eigenvalue weighted by Gasteiger charge is 2.01. The zero-order valence-electron chi connectivity index (χ0n) is 8.03. The first kappa shape index (κ1) is 10.4. The van der Waals surface area contributed by atoms with E-state index in [4.69, 9.17) is 10.5 Å². The number of carbonyl (C=O) groups excluding carboxylic acids is 1. The van der Waals surface area contributed by atoms with Crippen LogP contribution in [0, 0.1) is 0 Å². The summed E-state index contributed by atoms with van der Waals surface area (Å²) in [7, 11) is 1.28. The molecule has 0 aliphatic carbocycles. The molecule has 1 aromatic carbocycles. The maximum absolute atomic E-state index is 10.6. The predicted molar refractivity (Wildman–Crippen MR) is 52.9 cm³/mol. The Labute approximate surface area is 82.6 Å². The van der Waals surface area contributed by atoms with Crippen molar-refractivity contribution < 1.29 is 14.3 Å². The van der Waals surface area contributed by atoms with Crippen LogP contribution in [0.3, 0.4) is 0 Å². The molecular weight excluding hydrogens is 182 g/mol. The summed E-state index contributed by atoms with van der Waals surface area (Å²) in [6.45, 7) is 0.279. The Balaban J connectivity index is 2.39. The highest BCUT2D eigenvalue weighted by atomic mass is 16.7. The molecule has 0 heterocycles. The summed E-state index contributed by atoms with van der Waals surface area (Å²) in [6, 6.07) is 7.47. The van der Waals surface area contributed by atoms with Crippen molar-refractivity contribution in [3.05, 3.63) is 29.8 Å². The largest absolute Gasteiger partial charge is 0.507 e. The summed E-state index contributed by atoms with van der Waals surface area (Å²) in [5.74, 6) is 0. The highest BCUT2D eigenvalue weighted by molar-refractivity contribution is 5.59. The highest BCUT2D eigenvalue weighted by Crippen LogP contribution is 2.10. The van der Waals surface area contributed by atoms with Crippen LogP contribution >= 0.6 is 0 Å². The van der Waals surface area contributed by atoms with Gasteiger partial charge >= 0.3 is 6.16 Å². The number of para-hydroxylation sites is 1. The van der Waals surface area contributed by atoms with Gasteiger partial charge in [0.25, 0.3) is 0 Å². The minimum Gasteiger partial charge on any atom is -0.438 e. The van der Waals surface area contributed by atoms with Crippen molar-refractivity contribution in [2.75, 3.05) is 19.5 Å². The first-order chi connectivity index (χ1) is 6.74. The molecule has 0 aliphatic heterocycles. The van der Waals surface area contributed by atoms with Gasteiger partial charge in [0.1, 0.15) is 0 Å². The van der Waals surface area contributed by atoms with Crippen molar-refractivity contribution in [3.63, 3.8) is 0 Å². The molecule has 0 aromatic heterocycles. The monoisotopic (exact) mass is 195 g/mol. The number of ether oxygens (including phenoxy) is 2. The molecule has 0 saturated carbocycles. The number of nitrogen functional groups attached to an aromatic ring is 1. The summed E-state index contributed by atoms with van der Waals surface area (Å²) < 4.78 is 9.06. The van der Waals surface area contributed by atoms with Gasteiger partial charge in [0.2, 0.25) is 0 Å². The minimum absolute atomic E-state index is 0.279. The topological polar surface area (TPSA) is 61.5 Å². The van der Waals surface area contributed by atoms with Gasteiger partial charge in [-0.3, -0.25) is 0 Å². The minimum atomic E-state index is -0.667. The Kier molecular flexibility index (Phi) is 3.79. The molecular formula is C10H13NO3. The second kappa shape index (κ2) is 5.11. The van der Waals surface area contributed by atoms with E-state index >= 15 is 0 Å². The van der Waals surface area contributed by atoms with Crippen molar-refractivity contribution in [3.8, 4) is 0 Å². The average molecular weight is 195 g/mol.